The largest absolute Gasteiger partial charge is 0.481 e. The van der Waals surface area contributed by atoms with Crippen LogP contribution >= 0.6 is 0 Å². The molecule has 5 nitrogen and oxygen atoms in total. The third-order valence-electron chi connectivity index (χ3n) is 5.13. The molecule has 2 aromatic carbocycles. The van der Waals surface area contributed by atoms with Gasteiger partial charge in [-0.2, -0.15) is 0 Å². The predicted molar refractivity (Wildman–Crippen MR) is 126 cm³/mol. The number of nitrogens with zero attached hydrogens (tertiary/aromatic N) is 1. The van der Waals surface area contributed by atoms with Gasteiger partial charge in [-0.3, -0.25) is 14.6 Å². The zero-order valence-corrected chi connectivity index (χ0v) is 18.5. The molecule has 1 heterocycles. The van der Waals surface area contributed by atoms with Crippen molar-refractivity contribution in [2.24, 2.45) is 0 Å². The van der Waals surface area contributed by atoms with E-state index in [2.05, 4.69) is 0 Å². The molecule has 1 atom stereocenters. The zero-order valence-electron chi connectivity index (χ0n) is 18.5. The molecule has 0 radical (unpaired) electrons. The molecule has 1 aromatic heterocycles. The van der Waals surface area contributed by atoms with Gasteiger partial charge >= 0.3 is 5.97 Å². The second-order valence-electron chi connectivity index (χ2n) is 8.12. The van der Waals surface area contributed by atoms with Gasteiger partial charge in [-0.15, -0.1) is 0 Å². The number of aliphatic carboxylic acids is 1. The van der Waals surface area contributed by atoms with Crippen LogP contribution in [0.3, 0.4) is 0 Å². The molecule has 170 valence electrons. The third-order valence-corrected chi connectivity index (χ3v) is 5.13. The fourth-order valence-electron chi connectivity index (χ4n) is 3.56. The first-order valence-electron chi connectivity index (χ1n) is 10.7. The normalized spacial score (nSPS) is 12.3. The maximum Gasteiger partial charge on any atom is 0.310 e. The van der Waals surface area contributed by atoms with Gasteiger partial charge in [0.25, 0.3) is 0 Å². The lowest BCUT2D eigenvalue weighted by Gasteiger charge is -2.17. The summed E-state index contributed by atoms with van der Waals surface area (Å²) in [5.74, 6) is -2.08. The summed E-state index contributed by atoms with van der Waals surface area (Å²) in [5.41, 5.74) is 4.85. The maximum absolute atomic E-state index is 13.6. The number of carbonyl (C=O) groups excluding carboxylic acids is 1. The Balaban J connectivity index is 2.09. The fourth-order valence-corrected chi connectivity index (χ4v) is 3.56. The Labute approximate surface area is 192 Å². The van der Waals surface area contributed by atoms with Gasteiger partial charge in [0, 0.05) is 17.5 Å². The molecule has 2 N–H and O–H groups in total. The summed E-state index contributed by atoms with van der Waals surface area (Å²) in [5, 5.41) is 19.0. The van der Waals surface area contributed by atoms with Crippen LogP contribution < -0.4 is 0 Å². The van der Waals surface area contributed by atoms with Crippen LogP contribution in [-0.2, 0) is 9.59 Å². The monoisotopic (exact) mass is 447 g/mol. The second-order valence-corrected chi connectivity index (χ2v) is 8.12. The van der Waals surface area contributed by atoms with Crippen molar-refractivity contribution in [1.82, 2.24) is 4.98 Å². The van der Waals surface area contributed by atoms with Crippen LogP contribution in [0.2, 0.25) is 0 Å². The summed E-state index contributed by atoms with van der Waals surface area (Å²) in [6.45, 7) is 4.02. The minimum absolute atomic E-state index is 0.0401. The Bertz CT molecular complexity index is 1150. The standard InChI is InChI=1S/C27H26FNO4/c1-17(2)27-23(13-12-21(30)14-22(31)15-26(32)33)24(18-8-10-20(28)11-9-18)16-25(29-27)19-6-4-3-5-7-19/h3-13,16-17,21,30H,14-15H2,1-2H3,(H,32,33). The summed E-state index contributed by atoms with van der Waals surface area (Å²) < 4.78 is 13.6. The lowest BCUT2D eigenvalue weighted by Crippen LogP contribution is -2.14. The van der Waals surface area contributed by atoms with Crippen molar-refractivity contribution in [3.05, 3.63) is 83.8 Å². The number of ketones is 1. The highest BCUT2D eigenvalue weighted by Gasteiger charge is 2.17. The van der Waals surface area contributed by atoms with Crippen LogP contribution in [0.15, 0.2) is 66.7 Å². The molecule has 33 heavy (non-hydrogen) atoms. The average molecular weight is 448 g/mol. The summed E-state index contributed by atoms with van der Waals surface area (Å²) in [6, 6.07) is 17.8. The number of aromatic nitrogens is 1. The summed E-state index contributed by atoms with van der Waals surface area (Å²) in [6.07, 6.45) is 1.12. The first-order chi connectivity index (χ1) is 15.7. The molecule has 0 aliphatic rings. The Morgan fingerprint density at radius 1 is 1.03 bits per heavy atom. The average Bonchev–Trinajstić information content (AvgIpc) is 2.77. The predicted octanol–water partition coefficient (Wildman–Crippen LogP) is 5.49. The number of pyridine rings is 1. The van der Waals surface area contributed by atoms with Gasteiger partial charge in [0.2, 0.25) is 0 Å². The van der Waals surface area contributed by atoms with Gasteiger partial charge < -0.3 is 10.2 Å². The topological polar surface area (TPSA) is 87.5 Å². The molecule has 6 heteroatoms. The van der Waals surface area contributed by atoms with Crippen LogP contribution in [0.5, 0.6) is 0 Å². The van der Waals surface area contributed by atoms with E-state index >= 15 is 0 Å². The molecular weight excluding hydrogens is 421 g/mol. The number of benzene rings is 2. The number of halogens is 1. The molecule has 0 fully saturated rings. The summed E-state index contributed by atoms with van der Waals surface area (Å²) >= 11 is 0. The minimum Gasteiger partial charge on any atom is -0.481 e. The molecule has 3 rings (SSSR count). The number of aliphatic hydroxyl groups is 1. The van der Waals surface area contributed by atoms with E-state index in [-0.39, 0.29) is 18.2 Å². The molecule has 0 saturated heterocycles. The van der Waals surface area contributed by atoms with Gasteiger partial charge in [-0.1, -0.05) is 68.5 Å². The van der Waals surface area contributed by atoms with Crippen LogP contribution in [-0.4, -0.2) is 33.1 Å². The number of rotatable bonds is 9. The van der Waals surface area contributed by atoms with Crippen LogP contribution in [0.4, 0.5) is 4.39 Å². The van der Waals surface area contributed by atoms with Crippen molar-refractivity contribution in [2.75, 3.05) is 0 Å². The molecule has 0 saturated carbocycles. The summed E-state index contributed by atoms with van der Waals surface area (Å²) in [7, 11) is 0. The molecule has 0 spiro atoms. The van der Waals surface area contributed by atoms with Crippen LogP contribution in [0.25, 0.3) is 28.5 Å². The number of hydrogen-bond donors (Lipinski definition) is 2. The smallest absolute Gasteiger partial charge is 0.310 e. The van der Waals surface area contributed by atoms with Gasteiger partial charge in [0.05, 0.1) is 17.5 Å². The van der Waals surface area contributed by atoms with E-state index in [1.54, 1.807) is 18.2 Å². The molecule has 1 unspecified atom stereocenters. The summed E-state index contributed by atoms with van der Waals surface area (Å²) in [4.78, 5) is 27.3. The van der Waals surface area contributed by atoms with Crippen molar-refractivity contribution in [3.63, 3.8) is 0 Å². The highest BCUT2D eigenvalue weighted by Crippen LogP contribution is 2.34. The van der Waals surface area contributed by atoms with E-state index in [1.165, 1.54) is 18.2 Å². The molecule has 0 bridgehead atoms. The van der Waals surface area contributed by atoms with E-state index < -0.39 is 24.3 Å². The van der Waals surface area contributed by atoms with Crippen LogP contribution in [0.1, 0.15) is 43.9 Å². The quantitative estimate of drug-likeness (QED) is 0.424. The van der Waals surface area contributed by atoms with Crippen molar-refractivity contribution in [3.8, 4) is 22.4 Å². The first kappa shape index (κ1) is 24.0. The molecule has 3 aromatic rings. The number of carbonyl (C=O) groups is 2. The van der Waals surface area contributed by atoms with Gasteiger partial charge in [0.1, 0.15) is 18.0 Å². The fraction of sp³-hybridized carbons (Fsp3) is 0.222. The van der Waals surface area contributed by atoms with Crippen LogP contribution in [0, 0.1) is 5.82 Å². The van der Waals surface area contributed by atoms with Gasteiger partial charge in [0.15, 0.2) is 0 Å². The van der Waals surface area contributed by atoms with E-state index in [9.17, 15) is 19.1 Å². The SMILES string of the molecule is CC(C)c1nc(-c2ccccc2)cc(-c2ccc(F)cc2)c1C=CC(O)CC(=O)CC(=O)O. The number of aliphatic hydroxyl groups excluding tert-OH is 1. The number of carboxylic acids is 1. The number of carboxylic acid groups (broad SMARTS) is 1. The molecule has 0 amide bonds. The zero-order chi connectivity index (χ0) is 24.0. The highest BCUT2D eigenvalue weighted by atomic mass is 19.1. The van der Waals surface area contributed by atoms with Crippen molar-refractivity contribution < 1.29 is 24.2 Å². The number of hydrogen-bond acceptors (Lipinski definition) is 4. The molecular formula is C27H26FNO4. The molecule has 0 aliphatic heterocycles. The van der Waals surface area contributed by atoms with Crippen molar-refractivity contribution in [2.45, 2.75) is 38.7 Å². The van der Waals surface area contributed by atoms with E-state index in [0.717, 1.165) is 33.6 Å². The van der Waals surface area contributed by atoms with Gasteiger partial charge in [-0.05, 0) is 35.2 Å². The minimum atomic E-state index is -1.22. The third kappa shape index (κ3) is 6.43. The van der Waals surface area contributed by atoms with Crippen molar-refractivity contribution in [1.29, 1.82) is 0 Å². The van der Waals surface area contributed by atoms with E-state index in [1.807, 2.05) is 50.2 Å². The van der Waals surface area contributed by atoms with Crippen molar-refractivity contribution >= 4 is 17.8 Å². The first-order valence-corrected chi connectivity index (χ1v) is 10.7. The van der Waals surface area contributed by atoms with E-state index in [0.29, 0.717) is 0 Å². The Morgan fingerprint density at radius 3 is 2.30 bits per heavy atom. The second kappa shape index (κ2) is 10.8. The molecule has 0 aliphatic carbocycles. The Kier molecular flexibility index (Phi) is 7.85. The highest BCUT2D eigenvalue weighted by molar-refractivity contribution is 5.95. The lowest BCUT2D eigenvalue weighted by atomic mass is 9.92. The maximum atomic E-state index is 13.6. The lowest BCUT2D eigenvalue weighted by molar-refractivity contribution is -0.140. The number of Topliss-reactive ketones (excluding diaryl/α,β-unsaturated/α-hetero) is 1. The Morgan fingerprint density at radius 2 is 1.70 bits per heavy atom. The van der Waals surface area contributed by atoms with Gasteiger partial charge in [-0.25, -0.2) is 4.39 Å². The van der Waals surface area contributed by atoms with E-state index in [4.69, 9.17) is 10.1 Å². The Hall–Kier alpha value is -3.64.